The van der Waals surface area contributed by atoms with Crippen molar-refractivity contribution in [3.05, 3.63) is 48.9 Å². The van der Waals surface area contributed by atoms with Gasteiger partial charge in [0.1, 0.15) is 0 Å². The van der Waals surface area contributed by atoms with E-state index >= 15 is 0 Å². The molecule has 0 unspecified atom stereocenters. The van der Waals surface area contributed by atoms with Crippen molar-refractivity contribution in [3.63, 3.8) is 0 Å². The molecule has 0 aromatic heterocycles. The van der Waals surface area contributed by atoms with Gasteiger partial charge >= 0.3 is 0 Å². The third-order valence-electron chi connectivity index (χ3n) is 1.47. The van der Waals surface area contributed by atoms with Crippen LogP contribution >= 0.6 is 0 Å². The van der Waals surface area contributed by atoms with E-state index in [1.165, 1.54) is 5.56 Å². The lowest BCUT2D eigenvalue weighted by Gasteiger charge is -1.93. The van der Waals surface area contributed by atoms with Gasteiger partial charge < -0.3 is 4.74 Å². The molecule has 63 valence electrons. The number of ether oxygens (including phenoxy) is 1. The molecule has 1 aromatic carbocycles. The summed E-state index contributed by atoms with van der Waals surface area (Å²) in [5.41, 5.74) is 1.20. The molecule has 0 N–H and O–H groups in total. The third-order valence-corrected chi connectivity index (χ3v) is 1.47. The number of benzene rings is 1. The third kappa shape index (κ3) is 3.35. The molecule has 0 spiro atoms. The van der Waals surface area contributed by atoms with Crippen LogP contribution < -0.4 is 0 Å². The van der Waals surface area contributed by atoms with Crippen molar-refractivity contribution < 1.29 is 4.74 Å². The maximum absolute atomic E-state index is 5.06. The van der Waals surface area contributed by atoms with Gasteiger partial charge in [0.25, 0.3) is 0 Å². The van der Waals surface area contributed by atoms with E-state index in [-0.39, 0.29) is 0 Å². The van der Waals surface area contributed by atoms with E-state index in [2.05, 4.69) is 19.1 Å². The molecule has 0 aliphatic rings. The first-order valence-corrected chi connectivity index (χ1v) is 4.02. The van der Waals surface area contributed by atoms with E-state index in [9.17, 15) is 0 Å². The SMILES string of the molecule is [CH2]COCC=Cc1ccccc1. The average molecular weight is 161 g/mol. The first-order valence-electron chi connectivity index (χ1n) is 4.02. The van der Waals surface area contributed by atoms with Gasteiger partial charge in [-0.1, -0.05) is 42.5 Å². The zero-order valence-electron chi connectivity index (χ0n) is 7.07. The molecule has 0 aliphatic carbocycles. The monoisotopic (exact) mass is 161 g/mol. The second-order valence-electron chi connectivity index (χ2n) is 2.39. The van der Waals surface area contributed by atoms with Gasteiger partial charge in [-0.2, -0.15) is 0 Å². The zero-order chi connectivity index (χ0) is 8.65. The van der Waals surface area contributed by atoms with Crippen molar-refractivity contribution in [1.29, 1.82) is 0 Å². The fourth-order valence-corrected chi connectivity index (χ4v) is 0.900. The van der Waals surface area contributed by atoms with Gasteiger partial charge in [-0.3, -0.25) is 0 Å². The second kappa shape index (κ2) is 5.56. The van der Waals surface area contributed by atoms with Crippen LogP contribution in [0.3, 0.4) is 0 Å². The number of hydrogen-bond acceptors (Lipinski definition) is 1. The Kier molecular flexibility index (Phi) is 4.17. The minimum Gasteiger partial charge on any atom is -0.377 e. The van der Waals surface area contributed by atoms with E-state index in [1.54, 1.807) is 0 Å². The smallest absolute Gasteiger partial charge is 0.0650 e. The molecule has 0 amide bonds. The predicted molar refractivity (Wildman–Crippen MR) is 51.7 cm³/mol. The normalized spacial score (nSPS) is 10.8. The molecule has 0 bridgehead atoms. The quantitative estimate of drug-likeness (QED) is 0.617. The van der Waals surface area contributed by atoms with E-state index in [0.29, 0.717) is 13.2 Å². The molecule has 1 nitrogen and oxygen atoms in total. The number of rotatable bonds is 4. The zero-order valence-corrected chi connectivity index (χ0v) is 7.07. The summed E-state index contributed by atoms with van der Waals surface area (Å²) in [7, 11) is 0. The Balaban J connectivity index is 2.36. The van der Waals surface area contributed by atoms with Crippen LogP contribution in [-0.4, -0.2) is 13.2 Å². The summed E-state index contributed by atoms with van der Waals surface area (Å²) < 4.78 is 5.06. The Morgan fingerprint density at radius 3 is 2.67 bits per heavy atom. The lowest BCUT2D eigenvalue weighted by molar-refractivity contribution is 0.193. The molecule has 1 radical (unpaired) electrons. The van der Waals surface area contributed by atoms with Gasteiger partial charge in [-0.15, -0.1) is 0 Å². The molecule has 0 atom stereocenters. The highest BCUT2D eigenvalue weighted by atomic mass is 16.5. The van der Waals surface area contributed by atoms with Crippen LogP contribution in [0.4, 0.5) is 0 Å². The van der Waals surface area contributed by atoms with Crippen molar-refractivity contribution in [3.8, 4) is 0 Å². The van der Waals surface area contributed by atoms with E-state index in [1.807, 2.05) is 30.4 Å². The topological polar surface area (TPSA) is 9.23 Å². The van der Waals surface area contributed by atoms with Crippen LogP contribution in [0.1, 0.15) is 5.56 Å². The highest BCUT2D eigenvalue weighted by molar-refractivity contribution is 5.48. The first-order chi connectivity index (χ1) is 5.93. The van der Waals surface area contributed by atoms with Gasteiger partial charge in [0, 0.05) is 6.61 Å². The summed E-state index contributed by atoms with van der Waals surface area (Å²) in [5, 5.41) is 0. The molecular weight excluding hydrogens is 148 g/mol. The minimum absolute atomic E-state index is 0.527. The predicted octanol–water partition coefficient (Wildman–Crippen LogP) is 2.55. The van der Waals surface area contributed by atoms with Crippen LogP contribution in [-0.2, 0) is 4.74 Å². The van der Waals surface area contributed by atoms with E-state index in [0.717, 1.165) is 0 Å². The highest BCUT2D eigenvalue weighted by Crippen LogP contribution is 2.00. The fourth-order valence-electron chi connectivity index (χ4n) is 0.900. The molecule has 1 aromatic rings. The van der Waals surface area contributed by atoms with Gasteiger partial charge in [0.2, 0.25) is 0 Å². The average Bonchev–Trinajstić information content (AvgIpc) is 2.14. The maximum Gasteiger partial charge on any atom is 0.0650 e. The van der Waals surface area contributed by atoms with Crippen molar-refractivity contribution >= 4 is 6.08 Å². The summed E-state index contributed by atoms with van der Waals surface area (Å²) in [6, 6.07) is 10.1. The van der Waals surface area contributed by atoms with Crippen LogP contribution in [0, 0.1) is 6.92 Å². The van der Waals surface area contributed by atoms with Crippen molar-refractivity contribution in [2.75, 3.05) is 13.2 Å². The molecule has 0 aliphatic heterocycles. The summed E-state index contributed by atoms with van der Waals surface area (Å²) in [6.45, 7) is 4.74. The van der Waals surface area contributed by atoms with Crippen LogP contribution in [0.2, 0.25) is 0 Å². The van der Waals surface area contributed by atoms with Crippen molar-refractivity contribution in [2.24, 2.45) is 0 Å². The molecule has 0 saturated carbocycles. The van der Waals surface area contributed by atoms with Crippen molar-refractivity contribution in [1.82, 2.24) is 0 Å². The summed E-state index contributed by atoms with van der Waals surface area (Å²) in [5.74, 6) is 0. The van der Waals surface area contributed by atoms with Gasteiger partial charge in [-0.25, -0.2) is 0 Å². The lowest BCUT2D eigenvalue weighted by atomic mass is 10.2. The molecular formula is C11H13O. The highest BCUT2D eigenvalue weighted by Gasteiger charge is 1.81. The van der Waals surface area contributed by atoms with Gasteiger partial charge in [0.05, 0.1) is 6.61 Å². The second-order valence-corrected chi connectivity index (χ2v) is 2.39. The Morgan fingerprint density at radius 1 is 1.25 bits per heavy atom. The van der Waals surface area contributed by atoms with Gasteiger partial charge in [0.15, 0.2) is 0 Å². The first kappa shape index (κ1) is 9.01. The Labute approximate surface area is 73.7 Å². The van der Waals surface area contributed by atoms with E-state index in [4.69, 9.17) is 4.74 Å². The molecule has 1 rings (SSSR count). The Morgan fingerprint density at radius 2 is 2.00 bits per heavy atom. The van der Waals surface area contributed by atoms with Gasteiger partial charge in [-0.05, 0) is 12.5 Å². The maximum atomic E-state index is 5.06. The largest absolute Gasteiger partial charge is 0.377 e. The Bertz CT molecular complexity index is 226. The van der Waals surface area contributed by atoms with Crippen LogP contribution in [0.15, 0.2) is 36.4 Å². The Hall–Kier alpha value is -1.08. The molecule has 1 heteroatoms. The van der Waals surface area contributed by atoms with E-state index < -0.39 is 0 Å². The fraction of sp³-hybridized carbons (Fsp3) is 0.182. The van der Waals surface area contributed by atoms with Crippen molar-refractivity contribution in [2.45, 2.75) is 0 Å². The van der Waals surface area contributed by atoms with Crippen LogP contribution in [0.25, 0.3) is 6.08 Å². The van der Waals surface area contributed by atoms with Crippen LogP contribution in [0.5, 0.6) is 0 Å². The molecule has 0 heterocycles. The molecule has 12 heavy (non-hydrogen) atoms. The number of hydrogen-bond donors (Lipinski definition) is 0. The summed E-state index contributed by atoms with van der Waals surface area (Å²) in [6.07, 6.45) is 4.02. The standard InChI is InChI=1S/C11H13O/c1-2-12-10-6-9-11-7-4-3-5-8-11/h3-9H,1-2,10H2. The summed E-state index contributed by atoms with van der Waals surface area (Å²) in [4.78, 5) is 0. The minimum atomic E-state index is 0.527. The molecule has 0 saturated heterocycles. The lowest BCUT2D eigenvalue weighted by Crippen LogP contribution is -1.87. The molecule has 0 fully saturated rings. The summed E-state index contributed by atoms with van der Waals surface area (Å²) >= 11 is 0.